The molecule has 0 N–H and O–H groups in total. The molecule has 0 saturated carbocycles. The molecular weight excluding hydrogens is 226 g/mol. The molecule has 0 unspecified atom stereocenters. The highest BCUT2D eigenvalue weighted by Crippen LogP contribution is 2.22. The molecule has 2 heterocycles. The third-order valence-electron chi connectivity index (χ3n) is 2.40. The molecule has 0 spiro atoms. The van der Waals surface area contributed by atoms with Crippen LogP contribution < -0.4 is 0 Å². The molecule has 0 atom stereocenters. The highest BCUT2D eigenvalue weighted by Gasteiger charge is 2.08. The Morgan fingerprint density at radius 3 is 3.12 bits per heavy atom. The van der Waals surface area contributed by atoms with E-state index >= 15 is 0 Å². The first-order valence-corrected chi connectivity index (χ1v) is 5.20. The highest BCUT2D eigenvalue weighted by atomic mass is 35.5. The van der Waals surface area contributed by atoms with Crippen molar-refractivity contribution in [3.8, 4) is 0 Å². The SMILES string of the molecule is Clc1ccc2c(Cn3ccnc3)noc2c1. The molecule has 2 aromatic heterocycles. The molecule has 16 heavy (non-hydrogen) atoms. The second-order valence-corrected chi connectivity index (χ2v) is 3.94. The first kappa shape index (κ1) is 9.42. The van der Waals surface area contributed by atoms with Crippen molar-refractivity contribution in [3.05, 3.63) is 47.6 Å². The Bertz CT molecular complexity index is 615. The molecule has 0 saturated heterocycles. The maximum atomic E-state index is 5.87. The normalized spacial score (nSPS) is 11.1. The summed E-state index contributed by atoms with van der Waals surface area (Å²) in [6.45, 7) is 0.647. The first-order chi connectivity index (χ1) is 7.83. The van der Waals surface area contributed by atoms with Crippen LogP contribution in [-0.2, 0) is 6.54 Å². The van der Waals surface area contributed by atoms with Crippen LogP contribution in [0.3, 0.4) is 0 Å². The third kappa shape index (κ3) is 1.57. The molecule has 0 aliphatic rings. The number of halogens is 1. The maximum Gasteiger partial charge on any atom is 0.168 e. The molecular formula is C11H8ClN3O. The lowest BCUT2D eigenvalue weighted by molar-refractivity contribution is 0.443. The fourth-order valence-electron chi connectivity index (χ4n) is 1.63. The van der Waals surface area contributed by atoms with Crippen LogP contribution in [0.25, 0.3) is 11.0 Å². The van der Waals surface area contributed by atoms with Gasteiger partial charge in [-0.3, -0.25) is 0 Å². The average molecular weight is 234 g/mol. The van der Waals surface area contributed by atoms with Crippen LogP contribution in [-0.4, -0.2) is 14.7 Å². The average Bonchev–Trinajstić information content (AvgIpc) is 2.89. The van der Waals surface area contributed by atoms with Crippen LogP contribution in [0.2, 0.25) is 5.02 Å². The van der Waals surface area contributed by atoms with Gasteiger partial charge in [-0.05, 0) is 12.1 Å². The van der Waals surface area contributed by atoms with Crippen LogP contribution in [0.5, 0.6) is 0 Å². The van der Waals surface area contributed by atoms with Gasteiger partial charge in [0.2, 0.25) is 0 Å². The summed E-state index contributed by atoms with van der Waals surface area (Å²) in [5.74, 6) is 0. The van der Waals surface area contributed by atoms with Gasteiger partial charge in [0.15, 0.2) is 5.58 Å². The summed E-state index contributed by atoms with van der Waals surface area (Å²) < 4.78 is 7.15. The highest BCUT2D eigenvalue weighted by molar-refractivity contribution is 6.31. The standard InChI is InChI=1S/C11H8ClN3O/c12-8-1-2-9-10(14-16-11(9)5-8)6-15-4-3-13-7-15/h1-5,7H,6H2. The number of rotatable bonds is 2. The summed E-state index contributed by atoms with van der Waals surface area (Å²) in [6.07, 6.45) is 5.37. The summed E-state index contributed by atoms with van der Waals surface area (Å²) in [4.78, 5) is 3.98. The van der Waals surface area contributed by atoms with Crippen molar-refractivity contribution in [2.24, 2.45) is 0 Å². The number of fused-ring (bicyclic) bond motifs is 1. The molecule has 0 fully saturated rings. The van der Waals surface area contributed by atoms with Crippen molar-refractivity contribution in [1.82, 2.24) is 14.7 Å². The summed E-state index contributed by atoms with van der Waals surface area (Å²) in [5, 5.41) is 5.66. The van der Waals surface area contributed by atoms with Gasteiger partial charge in [-0.1, -0.05) is 16.8 Å². The van der Waals surface area contributed by atoms with E-state index < -0.39 is 0 Å². The van der Waals surface area contributed by atoms with Crippen molar-refractivity contribution in [1.29, 1.82) is 0 Å². The van der Waals surface area contributed by atoms with E-state index in [2.05, 4.69) is 10.1 Å². The lowest BCUT2D eigenvalue weighted by Crippen LogP contribution is -1.96. The van der Waals surface area contributed by atoms with Gasteiger partial charge in [-0.15, -0.1) is 0 Å². The van der Waals surface area contributed by atoms with E-state index in [1.807, 2.05) is 22.9 Å². The zero-order chi connectivity index (χ0) is 11.0. The molecule has 0 amide bonds. The molecule has 0 aliphatic heterocycles. The van der Waals surface area contributed by atoms with E-state index in [-0.39, 0.29) is 0 Å². The minimum absolute atomic E-state index is 0.647. The number of nitrogens with zero attached hydrogens (tertiary/aromatic N) is 3. The van der Waals surface area contributed by atoms with Crippen LogP contribution >= 0.6 is 11.6 Å². The summed E-state index contributed by atoms with van der Waals surface area (Å²) in [5.41, 5.74) is 1.59. The lowest BCUT2D eigenvalue weighted by atomic mass is 10.2. The van der Waals surface area contributed by atoms with E-state index in [0.29, 0.717) is 17.2 Å². The van der Waals surface area contributed by atoms with Crippen LogP contribution in [0.1, 0.15) is 5.69 Å². The second-order valence-electron chi connectivity index (χ2n) is 3.50. The zero-order valence-corrected chi connectivity index (χ0v) is 9.05. The van der Waals surface area contributed by atoms with Crippen molar-refractivity contribution >= 4 is 22.6 Å². The number of benzene rings is 1. The largest absolute Gasteiger partial charge is 0.356 e. The molecule has 3 aromatic rings. The number of hydrogen-bond acceptors (Lipinski definition) is 3. The number of aromatic nitrogens is 3. The first-order valence-electron chi connectivity index (χ1n) is 4.82. The predicted octanol–water partition coefficient (Wildman–Crippen LogP) is 2.73. The Hall–Kier alpha value is -1.81. The summed E-state index contributed by atoms with van der Waals surface area (Å²) in [6, 6.07) is 5.51. The van der Waals surface area contributed by atoms with Crippen molar-refractivity contribution in [2.75, 3.05) is 0 Å². The fourth-order valence-corrected chi connectivity index (χ4v) is 1.79. The number of hydrogen-bond donors (Lipinski definition) is 0. The van der Waals surface area contributed by atoms with Crippen molar-refractivity contribution in [2.45, 2.75) is 6.54 Å². The van der Waals surface area contributed by atoms with Gasteiger partial charge in [-0.2, -0.15) is 0 Å². The Balaban J connectivity index is 2.04. The molecule has 0 aliphatic carbocycles. The smallest absolute Gasteiger partial charge is 0.168 e. The van der Waals surface area contributed by atoms with E-state index in [4.69, 9.17) is 16.1 Å². The Labute approximate surface area is 96.4 Å². The van der Waals surface area contributed by atoms with Crippen LogP contribution in [0.4, 0.5) is 0 Å². The van der Waals surface area contributed by atoms with Gasteiger partial charge < -0.3 is 9.09 Å². The van der Waals surface area contributed by atoms with E-state index in [1.54, 1.807) is 18.6 Å². The molecule has 80 valence electrons. The molecule has 3 rings (SSSR count). The van der Waals surface area contributed by atoms with Gasteiger partial charge in [0, 0.05) is 28.9 Å². The molecule has 5 heteroatoms. The predicted molar refractivity (Wildman–Crippen MR) is 60.3 cm³/mol. The minimum atomic E-state index is 0.647. The van der Waals surface area contributed by atoms with Crippen molar-refractivity contribution in [3.63, 3.8) is 0 Å². The molecule has 0 radical (unpaired) electrons. The minimum Gasteiger partial charge on any atom is -0.356 e. The van der Waals surface area contributed by atoms with Gasteiger partial charge in [0.05, 0.1) is 12.9 Å². The van der Waals surface area contributed by atoms with Gasteiger partial charge in [0.1, 0.15) is 5.69 Å². The van der Waals surface area contributed by atoms with Crippen molar-refractivity contribution < 1.29 is 4.52 Å². The van der Waals surface area contributed by atoms with E-state index in [1.165, 1.54) is 0 Å². The monoisotopic (exact) mass is 233 g/mol. The summed E-state index contributed by atoms with van der Waals surface area (Å²) >= 11 is 5.87. The third-order valence-corrected chi connectivity index (χ3v) is 2.64. The maximum absolute atomic E-state index is 5.87. The van der Waals surface area contributed by atoms with E-state index in [9.17, 15) is 0 Å². The Kier molecular flexibility index (Phi) is 2.15. The van der Waals surface area contributed by atoms with E-state index in [0.717, 1.165) is 11.1 Å². The lowest BCUT2D eigenvalue weighted by Gasteiger charge is -1.97. The van der Waals surface area contributed by atoms with Crippen LogP contribution in [0, 0.1) is 0 Å². The van der Waals surface area contributed by atoms with Gasteiger partial charge >= 0.3 is 0 Å². The zero-order valence-electron chi connectivity index (χ0n) is 8.30. The van der Waals surface area contributed by atoms with Gasteiger partial charge in [0.25, 0.3) is 0 Å². The molecule has 1 aromatic carbocycles. The quantitative estimate of drug-likeness (QED) is 0.684. The van der Waals surface area contributed by atoms with Gasteiger partial charge in [-0.25, -0.2) is 4.98 Å². The molecule has 0 bridgehead atoms. The number of imidazole rings is 1. The Morgan fingerprint density at radius 1 is 1.38 bits per heavy atom. The Morgan fingerprint density at radius 2 is 2.31 bits per heavy atom. The topological polar surface area (TPSA) is 43.9 Å². The van der Waals surface area contributed by atoms with Crippen LogP contribution in [0.15, 0.2) is 41.4 Å². The summed E-state index contributed by atoms with van der Waals surface area (Å²) in [7, 11) is 0. The second kappa shape index (κ2) is 3.64. The molecule has 4 nitrogen and oxygen atoms in total. The fraction of sp³-hybridized carbons (Fsp3) is 0.0909.